The van der Waals surface area contributed by atoms with Gasteiger partial charge < -0.3 is 14.6 Å². The Morgan fingerprint density at radius 1 is 1.29 bits per heavy atom. The van der Waals surface area contributed by atoms with E-state index >= 15 is 0 Å². The monoisotopic (exact) mass is 302 g/mol. The Bertz CT molecular complexity index is 598. The van der Waals surface area contributed by atoms with Crippen molar-refractivity contribution in [2.45, 2.75) is 11.3 Å². The number of furan rings is 1. The second kappa shape index (κ2) is 6.72. The first-order valence-electron chi connectivity index (χ1n) is 7.09. The van der Waals surface area contributed by atoms with Crippen LogP contribution in [0.2, 0.25) is 0 Å². The number of carbonyl (C=O) groups is 1. The maximum Gasteiger partial charge on any atom is 0.239 e. The minimum atomic E-state index is 0.0586. The van der Waals surface area contributed by atoms with Gasteiger partial charge in [0.15, 0.2) is 0 Å². The van der Waals surface area contributed by atoms with Crippen molar-refractivity contribution in [1.29, 1.82) is 0 Å². The van der Waals surface area contributed by atoms with Gasteiger partial charge in [0, 0.05) is 30.2 Å². The zero-order valence-corrected chi connectivity index (χ0v) is 12.6. The van der Waals surface area contributed by atoms with E-state index in [1.54, 1.807) is 6.26 Å². The molecule has 0 saturated heterocycles. The molecular formula is C16H18N2O2S. The van der Waals surface area contributed by atoms with E-state index < -0.39 is 0 Å². The number of hydrogen-bond acceptors (Lipinski definition) is 4. The number of fused-ring (bicyclic) bond motifs is 1. The van der Waals surface area contributed by atoms with Crippen molar-refractivity contribution in [1.82, 2.24) is 5.32 Å². The molecule has 1 N–H and O–H groups in total. The second-order valence-corrected chi connectivity index (χ2v) is 6.05. The summed E-state index contributed by atoms with van der Waals surface area (Å²) in [6.07, 6.45) is 2.38. The first-order chi connectivity index (χ1) is 10.3. The van der Waals surface area contributed by atoms with Crippen molar-refractivity contribution >= 4 is 23.4 Å². The van der Waals surface area contributed by atoms with E-state index in [0.717, 1.165) is 30.2 Å². The molecule has 1 aliphatic heterocycles. The van der Waals surface area contributed by atoms with Gasteiger partial charge in [-0.2, -0.15) is 0 Å². The average molecular weight is 302 g/mol. The number of anilines is 1. The number of rotatable bonds is 5. The number of benzene rings is 1. The fourth-order valence-corrected chi connectivity index (χ4v) is 3.45. The summed E-state index contributed by atoms with van der Waals surface area (Å²) in [7, 11) is 0. The van der Waals surface area contributed by atoms with Crippen LogP contribution < -0.4 is 10.2 Å². The number of nitrogens with zero attached hydrogens (tertiary/aromatic N) is 1. The van der Waals surface area contributed by atoms with Crippen LogP contribution in [0, 0.1) is 0 Å². The highest BCUT2D eigenvalue weighted by Crippen LogP contribution is 2.33. The number of amides is 1. The zero-order chi connectivity index (χ0) is 14.5. The van der Waals surface area contributed by atoms with Gasteiger partial charge in [0.05, 0.1) is 18.5 Å². The summed E-state index contributed by atoms with van der Waals surface area (Å²) in [5.41, 5.74) is 1.16. The summed E-state index contributed by atoms with van der Waals surface area (Å²) >= 11 is 1.85. The molecule has 0 fully saturated rings. The molecule has 3 rings (SSSR count). The molecule has 1 aromatic carbocycles. The van der Waals surface area contributed by atoms with Crippen molar-refractivity contribution in [2.75, 3.05) is 30.3 Å². The Hall–Kier alpha value is -1.88. The lowest BCUT2D eigenvalue weighted by Crippen LogP contribution is -2.40. The first kappa shape index (κ1) is 14.1. The van der Waals surface area contributed by atoms with E-state index in [1.165, 1.54) is 4.90 Å². The number of carbonyl (C=O) groups excluding carboxylic acids is 1. The van der Waals surface area contributed by atoms with E-state index in [2.05, 4.69) is 22.3 Å². The van der Waals surface area contributed by atoms with Crippen molar-refractivity contribution in [3.63, 3.8) is 0 Å². The Morgan fingerprint density at radius 3 is 3.05 bits per heavy atom. The van der Waals surface area contributed by atoms with E-state index in [4.69, 9.17) is 4.42 Å². The molecule has 0 aliphatic carbocycles. The summed E-state index contributed by atoms with van der Waals surface area (Å²) in [5.74, 6) is 1.98. The standard InChI is InChI=1S/C16H18N2O2S/c19-16(17-8-7-13-4-3-10-20-13)12-18-9-11-21-15-6-2-1-5-14(15)18/h1-6,10H,7-9,11-12H2,(H,17,19). The molecular weight excluding hydrogens is 284 g/mol. The van der Waals surface area contributed by atoms with Crippen LogP contribution in [0.1, 0.15) is 5.76 Å². The molecule has 0 unspecified atom stereocenters. The molecule has 21 heavy (non-hydrogen) atoms. The first-order valence-corrected chi connectivity index (χ1v) is 8.07. The topological polar surface area (TPSA) is 45.5 Å². The second-order valence-electron chi connectivity index (χ2n) is 4.92. The fourth-order valence-electron chi connectivity index (χ4n) is 2.40. The zero-order valence-electron chi connectivity index (χ0n) is 11.7. The van der Waals surface area contributed by atoms with Crippen LogP contribution >= 0.6 is 11.8 Å². The van der Waals surface area contributed by atoms with Gasteiger partial charge in [0.2, 0.25) is 5.91 Å². The number of thioether (sulfide) groups is 1. The summed E-state index contributed by atoms with van der Waals surface area (Å²) in [6.45, 7) is 1.93. The Balaban J connectivity index is 1.51. The molecule has 0 saturated carbocycles. The number of nitrogens with one attached hydrogen (secondary N) is 1. The van der Waals surface area contributed by atoms with Crippen LogP contribution in [0.25, 0.3) is 0 Å². The van der Waals surface area contributed by atoms with Gasteiger partial charge in [0.25, 0.3) is 0 Å². The molecule has 1 amide bonds. The van der Waals surface area contributed by atoms with Gasteiger partial charge in [-0.15, -0.1) is 11.8 Å². The van der Waals surface area contributed by atoms with Gasteiger partial charge in [-0.25, -0.2) is 0 Å². The van der Waals surface area contributed by atoms with Gasteiger partial charge in [0.1, 0.15) is 5.76 Å². The fraction of sp³-hybridized carbons (Fsp3) is 0.312. The summed E-state index contributed by atoms with van der Waals surface area (Å²) in [4.78, 5) is 15.5. The van der Waals surface area contributed by atoms with Gasteiger partial charge in [-0.05, 0) is 24.3 Å². The molecule has 4 nitrogen and oxygen atoms in total. The minimum Gasteiger partial charge on any atom is -0.469 e. The molecule has 0 radical (unpaired) electrons. The van der Waals surface area contributed by atoms with Gasteiger partial charge in [-0.3, -0.25) is 4.79 Å². The van der Waals surface area contributed by atoms with E-state index in [0.29, 0.717) is 13.1 Å². The van der Waals surface area contributed by atoms with Crippen molar-refractivity contribution in [3.8, 4) is 0 Å². The van der Waals surface area contributed by atoms with Gasteiger partial charge in [-0.1, -0.05) is 12.1 Å². The third-order valence-electron chi connectivity index (χ3n) is 3.43. The molecule has 5 heteroatoms. The molecule has 1 aliphatic rings. The predicted octanol–water partition coefficient (Wildman–Crippen LogP) is 2.55. The minimum absolute atomic E-state index is 0.0586. The van der Waals surface area contributed by atoms with Crippen LogP contribution in [0.4, 0.5) is 5.69 Å². The van der Waals surface area contributed by atoms with Crippen LogP contribution in [0.5, 0.6) is 0 Å². The van der Waals surface area contributed by atoms with E-state index in [-0.39, 0.29) is 5.91 Å². The molecule has 0 bridgehead atoms. The average Bonchev–Trinajstić information content (AvgIpc) is 3.01. The largest absolute Gasteiger partial charge is 0.469 e. The predicted molar refractivity (Wildman–Crippen MR) is 84.8 cm³/mol. The normalized spacial score (nSPS) is 13.8. The third kappa shape index (κ3) is 3.61. The quantitative estimate of drug-likeness (QED) is 0.922. The highest BCUT2D eigenvalue weighted by Gasteiger charge is 2.18. The maximum atomic E-state index is 12.1. The van der Waals surface area contributed by atoms with E-state index in [1.807, 2.05) is 36.0 Å². The SMILES string of the molecule is O=C(CN1CCSc2ccccc21)NCCc1ccco1. The Labute approximate surface area is 128 Å². The molecule has 0 spiro atoms. The summed E-state index contributed by atoms with van der Waals surface area (Å²) < 4.78 is 5.25. The van der Waals surface area contributed by atoms with Crippen LogP contribution in [-0.4, -0.2) is 31.3 Å². The lowest BCUT2D eigenvalue weighted by atomic mass is 10.2. The third-order valence-corrected chi connectivity index (χ3v) is 4.48. The lowest BCUT2D eigenvalue weighted by Gasteiger charge is -2.30. The lowest BCUT2D eigenvalue weighted by molar-refractivity contribution is -0.119. The summed E-state index contributed by atoms with van der Waals surface area (Å²) in [5, 5.41) is 2.95. The number of para-hydroxylation sites is 1. The molecule has 2 aromatic rings. The van der Waals surface area contributed by atoms with Crippen molar-refractivity contribution in [3.05, 3.63) is 48.4 Å². The Morgan fingerprint density at radius 2 is 2.19 bits per heavy atom. The number of hydrogen-bond donors (Lipinski definition) is 1. The van der Waals surface area contributed by atoms with Crippen LogP contribution in [0.3, 0.4) is 0 Å². The van der Waals surface area contributed by atoms with Crippen molar-refractivity contribution in [2.24, 2.45) is 0 Å². The highest BCUT2D eigenvalue weighted by atomic mass is 32.2. The molecule has 0 atom stereocenters. The Kier molecular flexibility index (Phi) is 4.50. The highest BCUT2D eigenvalue weighted by molar-refractivity contribution is 7.99. The maximum absolute atomic E-state index is 12.1. The van der Waals surface area contributed by atoms with Crippen molar-refractivity contribution < 1.29 is 9.21 Å². The summed E-state index contributed by atoms with van der Waals surface area (Å²) in [6, 6.07) is 12.0. The molecule has 110 valence electrons. The molecule has 1 aromatic heterocycles. The van der Waals surface area contributed by atoms with E-state index in [9.17, 15) is 4.79 Å². The van der Waals surface area contributed by atoms with Crippen LogP contribution in [0.15, 0.2) is 52.0 Å². The molecule has 2 heterocycles. The van der Waals surface area contributed by atoms with Crippen LogP contribution in [-0.2, 0) is 11.2 Å². The van der Waals surface area contributed by atoms with Gasteiger partial charge >= 0.3 is 0 Å². The smallest absolute Gasteiger partial charge is 0.239 e.